The van der Waals surface area contributed by atoms with Gasteiger partial charge in [-0.25, -0.2) is 4.98 Å². The zero-order valence-corrected chi connectivity index (χ0v) is 25.1. The lowest BCUT2D eigenvalue weighted by atomic mass is 9.80. The fourth-order valence-electron chi connectivity index (χ4n) is 6.42. The predicted octanol–water partition coefficient (Wildman–Crippen LogP) is 6.40. The molecule has 0 bridgehead atoms. The summed E-state index contributed by atoms with van der Waals surface area (Å²) < 4.78 is 0. The van der Waals surface area contributed by atoms with E-state index in [0.717, 1.165) is 55.4 Å². The van der Waals surface area contributed by atoms with Crippen LogP contribution in [0.1, 0.15) is 55.5 Å². The summed E-state index contributed by atoms with van der Waals surface area (Å²) >= 11 is 12.7. The number of pyridine rings is 1. The lowest BCUT2D eigenvalue weighted by Gasteiger charge is -2.46. The molecule has 0 saturated carbocycles. The van der Waals surface area contributed by atoms with E-state index in [2.05, 4.69) is 10.2 Å². The number of aryl methyl sites for hydroxylation is 1. The van der Waals surface area contributed by atoms with Crippen molar-refractivity contribution in [3.63, 3.8) is 0 Å². The molecule has 8 heteroatoms. The van der Waals surface area contributed by atoms with Gasteiger partial charge in [0, 0.05) is 45.7 Å². The Hall–Kier alpha value is -2.51. The van der Waals surface area contributed by atoms with Crippen LogP contribution in [0.5, 0.6) is 0 Å². The first-order valence-corrected chi connectivity index (χ1v) is 15.2. The van der Waals surface area contributed by atoms with Crippen LogP contribution in [0.15, 0.2) is 42.5 Å². The number of hydrogen-bond acceptors (Lipinski definition) is 5. The van der Waals surface area contributed by atoms with Crippen LogP contribution >= 0.6 is 23.2 Å². The van der Waals surface area contributed by atoms with Crippen LogP contribution in [0, 0.1) is 12.8 Å². The Kier molecular flexibility index (Phi) is 9.11. The Labute approximate surface area is 247 Å². The van der Waals surface area contributed by atoms with Crippen molar-refractivity contribution in [3.8, 4) is 11.3 Å². The van der Waals surface area contributed by atoms with Crippen molar-refractivity contribution in [1.29, 1.82) is 0 Å². The first-order valence-electron chi connectivity index (χ1n) is 14.5. The van der Waals surface area contributed by atoms with Crippen LogP contribution < -0.4 is 5.32 Å². The Bertz CT molecular complexity index is 1380. The van der Waals surface area contributed by atoms with Crippen LogP contribution in [0.3, 0.4) is 0 Å². The van der Waals surface area contributed by atoms with Gasteiger partial charge in [0.15, 0.2) is 5.78 Å². The molecule has 2 unspecified atom stereocenters. The molecule has 2 fully saturated rings. The standard InChI is InChI=1S/C32H38Cl2N4O2/c1-4-37(5-2)32(40)24-7-6-16-38(23-12-14-35-15-13-23)30(24)31(39)26-18-28(21-8-10-22(33)11-9-21)36-29-19-27(34)20(3)17-25(26)29/h8-11,17-19,23-24,30,35H,4-7,12-16H2,1-3H3. The summed E-state index contributed by atoms with van der Waals surface area (Å²) in [6.45, 7) is 9.90. The Morgan fingerprint density at radius 3 is 2.40 bits per heavy atom. The second-order valence-electron chi connectivity index (χ2n) is 11.0. The van der Waals surface area contributed by atoms with Crippen molar-refractivity contribution < 1.29 is 9.59 Å². The van der Waals surface area contributed by atoms with E-state index in [4.69, 9.17) is 28.2 Å². The molecule has 1 aromatic heterocycles. The molecule has 3 heterocycles. The van der Waals surface area contributed by atoms with Crippen molar-refractivity contribution in [3.05, 3.63) is 63.6 Å². The minimum atomic E-state index is -0.524. The SMILES string of the molecule is CCN(CC)C(=O)C1CCCN(C2CCNCC2)C1C(=O)c1cc(-c2ccc(Cl)cc2)nc2cc(Cl)c(C)cc12. The summed E-state index contributed by atoms with van der Waals surface area (Å²) in [4.78, 5) is 38.0. The van der Waals surface area contributed by atoms with E-state index in [1.807, 2.05) is 68.1 Å². The van der Waals surface area contributed by atoms with Gasteiger partial charge in [0.25, 0.3) is 0 Å². The number of nitrogens with zero attached hydrogens (tertiary/aromatic N) is 3. The molecule has 1 N–H and O–H groups in total. The minimum Gasteiger partial charge on any atom is -0.343 e. The lowest BCUT2D eigenvalue weighted by Crippen LogP contribution is -2.59. The average molecular weight is 582 g/mol. The van der Waals surface area contributed by atoms with Gasteiger partial charge in [0.1, 0.15) is 0 Å². The Balaban J connectivity index is 1.67. The lowest BCUT2D eigenvalue weighted by molar-refractivity contribution is -0.139. The van der Waals surface area contributed by atoms with Crippen LogP contribution in [0.25, 0.3) is 22.2 Å². The highest BCUT2D eigenvalue weighted by molar-refractivity contribution is 6.32. The van der Waals surface area contributed by atoms with Crippen molar-refractivity contribution in [2.45, 2.75) is 58.5 Å². The van der Waals surface area contributed by atoms with Gasteiger partial charge < -0.3 is 10.2 Å². The second kappa shape index (κ2) is 12.6. The van der Waals surface area contributed by atoms with Gasteiger partial charge in [-0.15, -0.1) is 0 Å². The molecule has 0 aliphatic carbocycles. The average Bonchev–Trinajstić information content (AvgIpc) is 2.98. The maximum Gasteiger partial charge on any atom is 0.227 e. The molecule has 1 amide bonds. The number of piperidine rings is 2. The Morgan fingerprint density at radius 1 is 1.02 bits per heavy atom. The van der Waals surface area contributed by atoms with Crippen molar-refractivity contribution in [2.24, 2.45) is 5.92 Å². The fraction of sp³-hybridized carbons (Fsp3) is 0.469. The number of Topliss-reactive ketones (excluding diaryl/α,β-unsaturated/α-hetero) is 1. The minimum absolute atomic E-state index is 0.00641. The molecular weight excluding hydrogens is 543 g/mol. The maximum absolute atomic E-state index is 14.9. The van der Waals surface area contributed by atoms with E-state index in [9.17, 15) is 9.59 Å². The molecule has 212 valence electrons. The smallest absolute Gasteiger partial charge is 0.227 e. The molecule has 2 aliphatic heterocycles. The third-order valence-corrected chi connectivity index (χ3v) is 9.26. The number of amides is 1. The first-order chi connectivity index (χ1) is 19.3. The zero-order chi connectivity index (χ0) is 28.4. The largest absolute Gasteiger partial charge is 0.343 e. The Morgan fingerprint density at radius 2 is 1.73 bits per heavy atom. The second-order valence-corrected chi connectivity index (χ2v) is 11.8. The van der Waals surface area contributed by atoms with Gasteiger partial charge in [-0.2, -0.15) is 0 Å². The number of hydrogen-bond donors (Lipinski definition) is 1. The van der Waals surface area contributed by atoms with Gasteiger partial charge in [0.2, 0.25) is 5.91 Å². The van der Waals surface area contributed by atoms with E-state index in [-0.39, 0.29) is 23.7 Å². The number of aromatic nitrogens is 1. The maximum atomic E-state index is 14.9. The predicted molar refractivity (Wildman–Crippen MR) is 163 cm³/mol. The summed E-state index contributed by atoms with van der Waals surface area (Å²) in [6, 6.07) is 12.9. The van der Waals surface area contributed by atoms with E-state index >= 15 is 0 Å². The number of carbonyl (C=O) groups is 2. The van der Waals surface area contributed by atoms with Gasteiger partial charge in [-0.05, 0) is 102 Å². The van der Waals surface area contributed by atoms with Crippen molar-refractivity contribution >= 4 is 45.8 Å². The molecule has 2 atom stereocenters. The third-order valence-electron chi connectivity index (χ3n) is 8.60. The van der Waals surface area contributed by atoms with E-state index in [0.29, 0.717) is 46.3 Å². The highest BCUT2D eigenvalue weighted by atomic mass is 35.5. The molecule has 2 aliphatic rings. The summed E-state index contributed by atoms with van der Waals surface area (Å²) in [5.74, 6) is -0.308. The summed E-state index contributed by atoms with van der Waals surface area (Å²) in [6.07, 6.45) is 3.56. The molecule has 3 aromatic rings. The molecule has 6 nitrogen and oxygen atoms in total. The molecular formula is C32H38Cl2N4O2. The van der Waals surface area contributed by atoms with Crippen LogP contribution in [0.2, 0.25) is 10.0 Å². The molecule has 0 radical (unpaired) electrons. The molecule has 2 aromatic carbocycles. The molecule has 40 heavy (non-hydrogen) atoms. The highest BCUT2D eigenvalue weighted by Crippen LogP contribution is 2.36. The zero-order valence-electron chi connectivity index (χ0n) is 23.6. The van der Waals surface area contributed by atoms with Gasteiger partial charge in [-0.1, -0.05) is 35.3 Å². The number of nitrogens with one attached hydrogen (secondary N) is 1. The number of rotatable bonds is 7. The summed E-state index contributed by atoms with van der Waals surface area (Å²) in [5, 5.41) is 5.46. The van der Waals surface area contributed by atoms with Gasteiger partial charge >= 0.3 is 0 Å². The first kappa shape index (κ1) is 29.0. The number of carbonyl (C=O) groups excluding carboxylic acids is 2. The van der Waals surface area contributed by atoms with E-state index < -0.39 is 6.04 Å². The quantitative estimate of drug-likeness (QED) is 0.327. The van der Waals surface area contributed by atoms with Gasteiger partial charge in [-0.3, -0.25) is 14.5 Å². The summed E-state index contributed by atoms with van der Waals surface area (Å²) in [7, 11) is 0. The molecule has 2 saturated heterocycles. The number of fused-ring (bicyclic) bond motifs is 1. The number of likely N-dealkylation sites (tertiary alicyclic amines) is 1. The highest BCUT2D eigenvalue weighted by Gasteiger charge is 2.45. The van der Waals surface area contributed by atoms with Crippen LogP contribution in [0.4, 0.5) is 0 Å². The summed E-state index contributed by atoms with van der Waals surface area (Å²) in [5.41, 5.74) is 3.70. The normalized spacial score (nSPS) is 20.5. The molecule has 0 spiro atoms. The van der Waals surface area contributed by atoms with Crippen LogP contribution in [-0.2, 0) is 4.79 Å². The monoisotopic (exact) mass is 580 g/mol. The number of halogens is 2. The van der Waals surface area contributed by atoms with Crippen LogP contribution in [-0.4, -0.2) is 71.3 Å². The topological polar surface area (TPSA) is 65.5 Å². The van der Waals surface area contributed by atoms with Gasteiger partial charge in [0.05, 0.1) is 23.2 Å². The number of ketones is 1. The molecule has 5 rings (SSSR count). The van der Waals surface area contributed by atoms with E-state index in [1.165, 1.54) is 0 Å². The van der Waals surface area contributed by atoms with Crippen molar-refractivity contribution in [2.75, 3.05) is 32.7 Å². The fourth-order valence-corrected chi connectivity index (χ4v) is 6.70. The third kappa shape index (κ3) is 5.78. The van der Waals surface area contributed by atoms with E-state index in [1.54, 1.807) is 0 Å². The number of benzene rings is 2. The van der Waals surface area contributed by atoms with Crippen molar-refractivity contribution in [1.82, 2.24) is 20.1 Å².